The molecule has 19 heavy (non-hydrogen) atoms. The molecule has 3 aromatic rings. The number of hydrogen-bond acceptors (Lipinski definition) is 4. The largest absolute Gasteiger partial charge is 0.364 e. The first-order chi connectivity index (χ1) is 9.20. The van der Waals surface area contributed by atoms with Gasteiger partial charge < -0.3 is 5.32 Å². The summed E-state index contributed by atoms with van der Waals surface area (Å²) in [5.74, 6) is 1.68. The van der Waals surface area contributed by atoms with Crippen LogP contribution in [0.2, 0.25) is 0 Å². The molecule has 98 valence electrons. The molecule has 0 fully saturated rings. The summed E-state index contributed by atoms with van der Waals surface area (Å²) in [5, 5.41) is 11.8. The summed E-state index contributed by atoms with van der Waals surface area (Å²) in [6, 6.07) is 8.40. The fourth-order valence-corrected chi connectivity index (χ4v) is 2.15. The fraction of sp³-hybridized carbons (Fsp3) is 0.357. The van der Waals surface area contributed by atoms with Gasteiger partial charge in [-0.1, -0.05) is 19.1 Å². The highest BCUT2D eigenvalue weighted by Crippen LogP contribution is 2.22. The molecule has 5 heteroatoms. The van der Waals surface area contributed by atoms with Gasteiger partial charge in [-0.2, -0.15) is 0 Å². The van der Waals surface area contributed by atoms with Crippen LogP contribution in [0.1, 0.15) is 26.1 Å². The molecule has 0 bridgehead atoms. The van der Waals surface area contributed by atoms with Crippen molar-refractivity contribution in [3.63, 3.8) is 0 Å². The fourth-order valence-electron chi connectivity index (χ4n) is 2.15. The minimum absolute atomic E-state index is 0.356. The Hall–Kier alpha value is -2.17. The Morgan fingerprint density at radius 3 is 2.84 bits per heavy atom. The normalized spacial score (nSPS) is 13.0. The second kappa shape index (κ2) is 4.50. The van der Waals surface area contributed by atoms with Crippen molar-refractivity contribution in [2.24, 2.45) is 0 Å². The number of nitrogens with zero attached hydrogens (tertiary/aromatic N) is 4. The van der Waals surface area contributed by atoms with E-state index in [2.05, 4.69) is 34.3 Å². The molecule has 0 aliphatic carbocycles. The lowest BCUT2D eigenvalue weighted by molar-refractivity contribution is 0.760. The van der Waals surface area contributed by atoms with Gasteiger partial charge in [0.2, 0.25) is 5.65 Å². The maximum absolute atomic E-state index is 4.67. The van der Waals surface area contributed by atoms with E-state index < -0.39 is 0 Å². The van der Waals surface area contributed by atoms with E-state index >= 15 is 0 Å². The molecule has 0 saturated heterocycles. The van der Waals surface area contributed by atoms with Crippen LogP contribution in [0.3, 0.4) is 0 Å². The average Bonchev–Trinajstić information content (AvgIpc) is 2.82. The van der Waals surface area contributed by atoms with E-state index in [0.29, 0.717) is 6.04 Å². The van der Waals surface area contributed by atoms with Crippen molar-refractivity contribution in [1.29, 1.82) is 0 Å². The van der Waals surface area contributed by atoms with Gasteiger partial charge in [-0.3, -0.25) is 4.40 Å². The molecule has 1 N–H and O–H groups in total. The van der Waals surface area contributed by atoms with Gasteiger partial charge in [-0.15, -0.1) is 10.2 Å². The smallest absolute Gasteiger partial charge is 0.204 e. The molecule has 2 aromatic heterocycles. The van der Waals surface area contributed by atoms with Gasteiger partial charge >= 0.3 is 0 Å². The highest BCUT2D eigenvalue weighted by molar-refractivity contribution is 5.82. The van der Waals surface area contributed by atoms with E-state index in [1.165, 1.54) is 0 Å². The van der Waals surface area contributed by atoms with E-state index in [4.69, 9.17) is 0 Å². The number of hydrogen-bond donors (Lipinski definition) is 1. The van der Waals surface area contributed by atoms with Crippen LogP contribution in [0.4, 0.5) is 5.82 Å². The monoisotopic (exact) mass is 255 g/mol. The van der Waals surface area contributed by atoms with Crippen LogP contribution in [0, 0.1) is 6.92 Å². The molecular weight excluding hydrogens is 238 g/mol. The third kappa shape index (κ3) is 1.91. The third-order valence-electron chi connectivity index (χ3n) is 3.39. The minimum atomic E-state index is 0.356. The number of aryl methyl sites for hydroxylation is 1. The van der Waals surface area contributed by atoms with E-state index in [1.807, 2.05) is 35.6 Å². The first-order valence-corrected chi connectivity index (χ1v) is 6.57. The number of benzene rings is 1. The molecule has 2 heterocycles. The number of anilines is 1. The number of para-hydroxylation sites is 2. The van der Waals surface area contributed by atoms with Crippen molar-refractivity contribution in [2.45, 2.75) is 33.2 Å². The number of aromatic nitrogens is 4. The van der Waals surface area contributed by atoms with Crippen LogP contribution < -0.4 is 5.32 Å². The Labute approximate surface area is 111 Å². The summed E-state index contributed by atoms with van der Waals surface area (Å²) in [5.41, 5.74) is 2.77. The Bertz CT molecular complexity index is 731. The van der Waals surface area contributed by atoms with Gasteiger partial charge in [-0.25, -0.2) is 4.98 Å². The van der Waals surface area contributed by atoms with E-state index in [-0.39, 0.29) is 0 Å². The summed E-state index contributed by atoms with van der Waals surface area (Å²) in [4.78, 5) is 4.67. The van der Waals surface area contributed by atoms with E-state index in [0.717, 1.165) is 34.7 Å². The van der Waals surface area contributed by atoms with Crippen LogP contribution in [-0.4, -0.2) is 25.6 Å². The van der Waals surface area contributed by atoms with Gasteiger partial charge in [0, 0.05) is 6.04 Å². The van der Waals surface area contributed by atoms with Crippen LogP contribution in [0.25, 0.3) is 16.7 Å². The SMILES string of the molecule is CC[C@@H](C)Nc1nc2ccccc2n2c(C)nnc12. The van der Waals surface area contributed by atoms with Crippen molar-refractivity contribution in [2.75, 3.05) is 5.32 Å². The molecule has 1 atom stereocenters. The molecule has 0 unspecified atom stereocenters. The second-order valence-electron chi connectivity index (χ2n) is 4.81. The summed E-state index contributed by atoms with van der Waals surface area (Å²) in [6.45, 7) is 6.24. The summed E-state index contributed by atoms with van der Waals surface area (Å²) in [6.07, 6.45) is 1.04. The molecular formula is C14H17N5. The molecule has 0 radical (unpaired) electrons. The second-order valence-corrected chi connectivity index (χ2v) is 4.81. The molecule has 0 aliphatic heterocycles. The van der Waals surface area contributed by atoms with Crippen molar-refractivity contribution in [3.8, 4) is 0 Å². The molecule has 1 aromatic carbocycles. The molecule has 0 spiro atoms. The van der Waals surface area contributed by atoms with E-state index in [1.54, 1.807) is 0 Å². The van der Waals surface area contributed by atoms with Crippen LogP contribution >= 0.6 is 0 Å². The molecule has 0 aliphatic rings. The molecule has 5 nitrogen and oxygen atoms in total. The number of nitrogens with one attached hydrogen (secondary N) is 1. The zero-order valence-corrected chi connectivity index (χ0v) is 11.4. The summed E-state index contributed by atoms with van der Waals surface area (Å²) >= 11 is 0. The summed E-state index contributed by atoms with van der Waals surface area (Å²) in [7, 11) is 0. The van der Waals surface area contributed by atoms with Gasteiger partial charge in [0.25, 0.3) is 0 Å². The summed E-state index contributed by atoms with van der Waals surface area (Å²) < 4.78 is 2.05. The Morgan fingerprint density at radius 1 is 1.26 bits per heavy atom. The quantitative estimate of drug-likeness (QED) is 0.782. The number of fused-ring (bicyclic) bond motifs is 3. The van der Waals surface area contributed by atoms with Crippen molar-refractivity contribution in [3.05, 3.63) is 30.1 Å². The predicted octanol–water partition coefficient (Wildman–Crippen LogP) is 2.80. The van der Waals surface area contributed by atoms with Crippen LogP contribution in [0.15, 0.2) is 24.3 Å². The highest BCUT2D eigenvalue weighted by atomic mass is 15.3. The molecule has 3 rings (SSSR count). The van der Waals surface area contributed by atoms with Crippen molar-refractivity contribution < 1.29 is 0 Å². The Kier molecular flexibility index (Phi) is 2.81. The average molecular weight is 255 g/mol. The third-order valence-corrected chi connectivity index (χ3v) is 3.39. The first kappa shape index (κ1) is 11.9. The first-order valence-electron chi connectivity index (χ1n) is 6.57. The zero-order chi connectivity index (χ0) is 13.4. The highest BCUT2D eigenvalue weighted by Gasteiger charge is 2.13. The van der Waals surface area contributed by atoms with Gasteiger partial charge in [0.05, 0.1) is 11.0 Å². The minimum Gasteiger partial charge on any atom is -0.364 e. The zero-order valence-electron chi connectivity index (χ0n) is 11.4. The topological polar surface area (TPSA) is 55.1 Å². The Balaban J connectivity index is 2.31. The molecule has 0 amide bonds. The molecule has 0 saturated carbocycles. The van der Waals surface area contributed by atoms with Crippen molar-refractivity contribution >= 4 is 22.5 Å². The number of rotatable bonds is 3. The van der Waals surface area contributed by atoms with Crippen LogP contribution in [-0.2, 0) is 0 Å². The Morgan fingerprint density at radius 2 is 2.05 bits per heavy atom. The van der Waals surface area contributed by atoms with Crippen molar-refractivity contribution in [1.82, 2.24) is 19.6 Å². The van der Waals surface area contributed by atoms with Gasteiger partial charge in [-0.05, 0) is 32.4 Å². The van der Waals surface area contributed by atoms with Gasteiger partial charge in [0.15, 0.2) is 5.82 Å². The maximum atomic E-state index is 4.67. The standard InChI is InChI=1S/C14H17N5/c1-4-9(2)15-13-14-18-17-10(3)19(14)12-8-6-5-7-11(12)16-13/h5-9H,4H2,1-3H3,(H,15,16)/t9-/m1/s1. The lowest BCUT2D eigenvalue weighted by Crippen LogP contribution is -2.15. The van der Waals surface area contributed by atoms with E-state index in [9.17, 15) is 0 Å². The predicted molar refractivity (Wildman–Crippen MR) is 76.4 cm³/mol. The van der Waals surface area contributed by atoms with Crippen LogP contribution in [0.5, 0.6) is 0 Å². The van der Waals surface area contributed by atoms with Gasteiger partial charge in [0.1, 0.15) is 5.82 Å². The lowest BCUT2D eigenvalue weighted by Gasteiger charge is -2.13. The lowest BCUT2D eigenvalue weighted by atomic mass is 10.2. The maximum Gasteiger partial charge on any atom is 0.204 e.